The Balaban J connectivity index is 2.14. The van der Waals surface area contributed by atoms with Crippen LogP contribution in [0.1, 0.15) is 25.5 Å². The van der Waals surface area contributed by atoms with Gasteiger partial charge in [-0.05, 0) is 24.6 Å². The fourth-order valence-electron chi connectivity index (χ4n) is 1.80. The van der Waals surface area contributed by atoms with Gasteiger partial charge in [0.1, 0.15) is 6.04 Å². The molecule has 1 atom stereocenters. The van der Waals surface area contributed by atoms with Crippen molar-refractivity contribution in [1.82, 2.24) is 15.1 Å². The topological polar surface area (TPSA) is 53.6 Å². The summed E-state index contributed by atoms with van der Waals surface area (Å²) in [6.45, 7) is 5.05. The van der Waals surface area contributed by atoms with Crippen molar-refractivity contribution in [2.24, 2.45) is 5.92 Å². The molecule has 0 fully saturated rings. The normalized spacial score (nSPS) is 12.3. The predicted molar refractivity (Wildman–Crippen MR) is 74.8 cm³/mol. The predicted octanol–water partition coefficient (Wildman–Crippen LogP) is 2.68. The summed E-state index contributed by atoms with van der Waals surface area (Å²) in [7, 11) is 0. The minimum Gasteiger partial charge on any atom is -0.298 e. The van der Waals surface area contributed by atoms with Crippen molar-refractivity contribution in [2.45, 2.75) is 19.9 Å². The van der Waals surface area contributed by atoms with Crippen molar-refractivity contribution in [3.63, 3.8) is 0 Å². The molecule has 4 nitrogen and oxygen atoms in total. The largest absolute Gasteiger partial charge is 0.298 e. The van der Waals surface area contributed by atoms with Gasteiger partial charge in [0, 0.05) is 11.8 Å². The number of hydrogen-bond acceptors (Lipinski definition) is 3. The third-order valence-corrected chi connectivity index (χ3v) is 2.82. The van der Waals surface area contributed by atoms with Crippen LogP contribution in [-0.2, 0) is 0 Å². The van der Waals surface area contributed by atoms with Gasteiger partial charge in [-0.15, -0.1) is 0 Å². The van der Waals surface area contributed by atoms with E-state index in [2.05, 4.69) is 30.3 Å². The molecule has 0 aliphatic rings. The third kappa shape index (κ3) is 3.43. The molecule has 2 rings (SSSR count). The van der Waals surface area contributed by atoms with E-state index < -0.39 is 0 Å². The summed E-state index contributed by atoms with van der Waals surface area (Å²) >= 11 is 0. The lowest BCUT2D eigenvalue weighted by Crippen LogP contribution is -2.24. The monoisotopic (exact) mass is 254 g/mol. The van der Waals surface area contributed by atoms with E-state index in [0.29, 0.717) is 5.92 Å². The number of hydrogen-bond donors (Lipinski definition) is 1. The van der Waals surface area contributed by atoms with Gasteiger partial charge in [0.05, 0.1) is 18.0 Å². The first-order valence-corrected chi connectivity index (χ1v) is 6.43. The van der Waals surface area contributed by atoms with Gasteiger partial charge in [0.15, 0.2) is 0 Å². The molecule has 2 aromatic rings. The van der Waals surface area contributed by atoms with E-state index in [1.807, 2.05) is 36.5 Å². The molecule has 1 unspecified atom stereocenters. The molecule has 4 heteroatoms. The lowest BCUT2D eigenvalue weighted by Gasteiger charge is -2.11. The average molecular weight is 254 g/mol. The Morgan fingerprint density at radius 3 is 2.68 bits per heavy atom. The summed E-state index contributed by atoms with van der Waals surface area (Å²) in [5.41, 5.74) is 1.89. The molecule has 1 N–H and O–H groups in total. The zero-order valence-electron chi connectivity index (χ0n) is 11.2. The number of nitrogens with zero attached hydrogens (tertiary/aromatic N) is 3. The van der Waals surface area contributed by atoms with Crippen molar-refractivity contribution in [2.75, 3.05) is 6.54 Å². The highest BCUT2D eigenvalue weighted by Gasteiger charge is 2.13. The van der Waals surface area contributed by atoms with Crippen LogP contribution in [0.25, 0.3) is 5.69 Å². The highest BCUT2D eigenvalue weighted by atomic mass is 15.3. The maximum absolute atomic E-state index is 9.22. The van der Waals surface area contributed by atoms with Crippen LogP contribution in [0.4, 0.5) is 0 Å². The minimum absolute atomic E-state index is 0.306. The Bertz CT molecular complexity index is 551. The van der Waals surface area contributed by atoms with Crippen LogP contribution in [0.3, 0.4) is 0 Å². The quantitative estimate of drug-likeness (QED) is 0.892. The number of para-hydroxylation sites is 1. The molecule has 98 valence electrons. The second-order valence-electron chi connectivity index (χ2n) is 4.92. The highest BCUT2D eigenvalue weighted by molar-refractivity contribution is 5.32. The highest BCUT2D eigenvalue weighted by Crippen LogP contribution is 2.14. The van der Waals surface area contributed by atoms with Gasteiger partial charge in [-0.1, -0.05) is 32.0 Å². The van der Waals surface area contributed by atoms with Crippen molar-refractivity contribution >= 4 is 0 Å². The first-order valence-electron chi connectivity index (χ1n) is 6.43. The van der Waals surface area contributed by atoms with E-state index in [9.17, 15) is 5.26 Å². The fourth-order valence-corrected chi connectivity index (χ4v) is 1.80. The second-order valence-corrected chi connectivity index (χ2v) is 4.92. The zero-order valence-corrected chi connectivity index (χ0v) is 11.2. The molecule has 1 heterocycles. The SMILES string of the molecule is CC(C)CNC(C#N)c1cnn(-c2ccccc2)c1. The Labute approximate surface area is 113 Å². The Hall–Kier alpha value is -2.12. The molecular formula is C15H18N4. The molecule has 0 radical (unpaired) electrons. The van der Waals surface area contributed by atoms with Crippen LogP contribution in [0.2, 0.25) is 0 Å². The van der Waals surface area contributed by atoms with Gasteiger partial charge in [0.25, 0.3) is 0 Å². The summed E-state index contributed by atoms with van der Waals surface area (Å²) in [5, 5.41) is 16.8. The third-order valence-electron chi connectivity index (χ3n) is 2.82. The number of rotatable bonds is 5. The van der Waals surface area contributed by atoms with Crippen LogP contribution in [0.15, 0.2) is 42.7 Å². The molecule has 0 amide bonds. The van der Waals surface area contributed by atoms with Gasteiger partial charge in [0.2, 0.25) is 0 Å². The molecular weight excluding hydrogens is 236 g/mol. The van der Waals surface area contributed by atoms with E-state index in [1.165, 1.54) is 0 Å². The van der Waals surface area contributed by atoms with Gasteiger partial charge in [-0.3, -0.25) is 5.32 Å². The molecule has 0 saturated carbocycles. The van der Waals surface area contributed by atoms with E-state index >= 15 is 0 Å². The molecule has 19 heavy (non-hydrogen) atoms. The number of aromatic nitrogens is 2. The number of nitriles is 1. The molecule has 0 bridgehead atoms. The number of benzene rings is 1. The summed E-state index contributed by atoms with van der Waals surface area (Å²) < 4.78 is 1.79. The Morgan fingerprint density at radius 2 is 2.05 bits per heavy atom. The lowest BCUT2D eigenvalue weighted by molar-refractivity contribution is 0.525. The molecule has 0 saturated heterocycles. The van der Waals surface area contributed by atoms with Gasteiger partial charge in [-0.2, -0.15) is 10.4 Å². The van der Waals surface area contributed by atoms with Gasteiger partial charge >= 0.3 is 0 Å². The fraction of sp³-hybridized carbons (Fsp3) is 0.333. The van der Waals surface area contributed by atoms with Crippen molar-refractivity contribution in [3.8, 4) is 11.8 Å². The van der Waals surface area contributed by atoms with Gasteiger partial charge in [-0.25, -0.2) is 4.68 Å². The lowest BCUT2D eigenvalue weighted by atomic mass is 10.1. The summed E-state index contributed by atoms with van der Waals surface area (Å²) in [6, 6.07) is 11.8. The van der Waals surface area contributed by atoms with Crippen molar-refractivity contribution in [1.29, 1.82) is 5.26 Å². The number of nitrogens with one attached hydrogen (secondary N) is 1. The molecule has 1 aromatic carbocycles. The van der Waals surface area contributed by atoms with Crippen LogP contribution in [0, 0.1) is 17.2 Å². The molecule has 1 aromatic heterocycles. The maximum atomic E-state index is 9.22. The standard InChI is InChI=1S/C15H18N4/c1-12(2)9-17-15(8-16)13-10-18-19(11-13)14-6-4-3-5-7-14/h3-7,10-12,15,17H,9H2,1-2H3. The van der Waals surface area contributed by atoms with E-state index in [4.69, 9.17) is 0 Å². The first-order chi connectivity index (χ1) is 9.20. The Kier molecular flexibility index (Phi) is 4.32. The van der Waals surface area contributed by atoms with E-state index in [1.54, 1.807) is 10.9 Å². The van der Waals surface area contributed by atoms with Crippen LogP contribution >= 0.6 is 0 Å². The van der Waals surface area contributed by atoms with Gasteiger partial charge < -0.3 is 0 Å². The second kappa shape index (κ2) is 6.17. The minimum atomic E-state index is -0.306. The van der Waals surface area contributed by atoms with Crippen molar-refractivity contribution in [3.05, 3.63) is 48.3 Å². The van der Waals surface area contributed by atoms with E-state index in [-0.39, 0.29) is 6.04 Å². The Morgan fingerprint density at radius 1 is 1.32 bits per heavy atom. The molecule has 0 spiro atoms. The average Bonchev–Trinajstić information content (AvgIpc) is 2.90. The van der Waals surface area contributed by atoms with Crippen molar-refractivity contribution < 1.29 is 0 Å². The maximum Gasteiger partial charge on any atom is 0.124 e. The molecule has 0 aliphatic carbocycles. The zero-order chi connectivity index (χ0) is 13.7. The van der Waals surface area contributed by atoms with Crippen LogP contribution in [-0.4, -0.2) is 16.3 Å². The first kappa shape index (κ1) is 13.3. The summed E-state index contributed by atoms with van der Waals surface area (Å²) in [4.78, 5) is 0. The van der Waals surface area contributed by atoms with E-state index in [0.717, 1.165) is 17.8 Å². The van der Waals surface area contributed by atoms with Crippen LogP contribution < -0.4 is 5.32 Å². The summed E-state index contributed by atoms with van der Waals surface area (Å²) in [5.74, 6) is 0.514. The summed E-state index contributed by atoms with van der Waals surface area (Å²) in [6.07, 6.45) is 3.64. The van der Waals surface area contributed by atoms with Crippen LogP contribution in [0.5, 0.6) is 0 Å². The molecule has 0 aliphatic heterocycles. The smallest absolute Gasteiger partial charge is 0.124 e.